The SMILES string of the molecule is CC(C)(CNc1ccc(N)c2ncccc12)c1cccs1. The van der Waals surface area contributed by atoms with Crippen molar-refractivity contribution in [3.63, 3.8) is 0 Å². The number of rotatable bonds is 4. The van der Waals surface area contributed by atoms with Crippen molar-refractivity contribution in [1.82, 2.24) is 4.98 Å². The molecule has 0 fully saturated rings. The van der Waals surface area contributed by atoms with Crippen molar-refractivity contribution in [3.05, 3.63) is 52.9 Å². The number of benzene rings is 1. The van der Waals surface area contributed by atoms with Gasteiger partial charge in [-0.3, -0.25) is 4.98 Å². The summed E-state index contributed by atoms with van der Waals surface area (Å²) in [6.07, 6.45) is 1.78. The molecule has 0 bridgehead atoms. The maximum atomic E-state index is 6.00. The van der Waals surface area contributed by atoms with E-state index in [1.165, 1.54) is 4.88 Å². The van der Waals surface area contributed by atoms with E-state index in [1.54, 1.807) is 17.5 Å². The molecule has 0 unspecified atom stereocenters. The Balaban J connectivity index is 1.88. The summed E-state index contributed by atoms with van der Waals surface area (Å²) in [5, 5.41) is 6.75. The number of nitrogens with one attached hydrogen (secondary N) is 1. The summed E-state index contributed by atoms with van der Waals surface area (Å²) < 4.78 is 0. The smallest absolute Gasteiger partial charge is 0.0951 e. The van der Waals surface area contributed by atoms with E-state index >= 15 is 0 Å². The van der Waals surface area contributed by atoms with Crippen LogP contribution in [0.2, 0.25) is 0 Å². The number of nitrogen functional groups attached to an aromatic ring is 1. The van der Waals surface area contributed by atoms with Gasteiger partial charge in [-0.25, -0.2) is 0 Å². The molecule has 0 saturated heterocycles. The molecule has 0 aliphatic rings. The molecule has 1 aromatic carbocycles. The van der Waals surface area contributed by atoms with Crippen molar-refractivity contribution in [1.29, 1.82) is 0 Å². The van der Waals surface area contributed by atoms with E-state index in [0.717, 1.165) is 23.1 Å². The number of aromatic nitrogens is 1. The molecule has 0 aliphatic carbocycles. The zero-order valence-electron chi connectivity index (χ0n) is 12.3. The monoisotopic (exact) mass is 297 g/mol. The van der Waals surface area contributed by atoms with E-state index < -0.39 is 0 Å². The summed E-state index contributed by atoms with van der Waals surface area (Å²) in [5.41, 5.74) is 8.74. The first-order valence-corrected chi connectivity index (χ1v) is 7.87. The van der Waals surface area contributed by atoms with Gasteiger partial charge in [-0.05, 0) is 35.7 Å². The highest BCUT2D eigenvalue weighted by molar-refractivity contribution is 7.10. The minimum Gasteiger partial charge on any atom is -0.397 e. The molecule has 0 radical (unpaired) electrons. The van der Waals surface area contributed by atoms with Crippen LogP contribution in [0.3, 0.4) is 0 Å². The number of hydrogen-bond donors (Lipinski definition) is 2. The number of pyridine rings is 1. The van der Waals surface area contributed by atoms with E-state index in [-0.39, 0.29) is 5.41 Å². The average Bonchev–Trinajstić information content (AvgIpc) is 3.02. The predicted molar refractivity (Wildman–Crippen MR) is 92.0 cm³/mol. The largest absolute Gasteiger partial charge is 0.397 e. The Bertz CT molecular complexity index is 748. The lowest BCUT2D eigenvalue weighted by Gasteiger charge is -2.25. The van der Waals surface area contributed by atoms with Crippen LogP contribution in [-0.2, 0) is 5.41 Å². The van der Waals surface area contributed by atoms with Crippen LogP contribution in [0.4, 0.5) is 11.4 Å². The standard InChI is InChI=1S/C17H19N3S/c1-17(2,15-6-4-10-21-15)11-20-14-8-7-13(18)16-12(14)5-3-9-19-16/h3-10,20H,11,18H2,1-2H3. The van der Waals surface area contributed by atoms with Gasteiger partial charge in [-0.1, -0.05) is 19.9 Å². The number of nitrogens with two attached hydrogens (primary N) is 1. The molecule has 3 rings (SSSR count). The molecule has 2 heterocycles. The number of nitrogens with zero attached hydrogens (tertiary/aromatic N) is 1. The topological polar surface area (TPSA) is 50.9 Å². The van der Waals surface area contributed by atoms with Gasteiger partial charge in [0.25, 0.3) is 0 Å². The first-order chi connectivity index (χ1) is 10.1. The molecule has 0 saturated carbocycles. The summed E-state index contributed by atoms with van der Waals surface area (Å²) in [5.74, 6) is 0. The quantitative estimate of drug-likeness (QED) is 0.707. The Morgan fingerprint density at radius 2 is 2.05 bits per heavy atom. The highest BCUT2D eigenvalue weighted by Gasteiger charge is 2.21. The third-order valence-electron chi connectivity index (χ3n) is 3.71. The lowest BCUT2D eigenvalue weighted by Crippen LogP contribution is -2.26. The summed E-state index contributed by atoms with van der Waals surface area (Å²) in [7, 11) is 0. The number of thiophene rings is 1. The maximum Gasteiger partial charge on any atom is 0.0951 e. The molecule has 0 aliphatic heterocycles. The highest BCUT2D eigenvalue weighted by atomic mass is 32.1. The van der Waals surface area contributed by atoms with Crippen molar-refractivity contribution in [2.24, 2.45) is 0 Å². The van der Waals surface area contributed by atoms with Gasteiger partial charge in [0, 0.05) is 34.1 Å². The molecule has 108 valence electrons. The average molecular weight is 297 g/mol. The second-order valence-corrected chi connectivity index (χ2v) is 6.76. The van der Waals surface area contributed by atoms with Crippen molar-refractivity contribution < 1.29 is 0 Å². The summed E-state index contributed by atoms with van der Waals surface area (Å²) >= 11 is 1.80. The molecular formula is C17H19N3S. The Morgan fingerprint density at radius 3 is 2.81 bits per heavy atom. The van der Waals surface area contributed by atoms with E-state index in [9.17, 15) is 0 Å². The molecular weight excluding hydrogens is 278 g/mol. The van der Waals surface area contributed by atoms with Crippen molar-refractivity contribution >= 4 is 33.6 Å². The molecule has 0 spiro atoms. The number of hydrogen-bond acceptors (Lipinski definition) is 4. The molecule has 4 heteroatoms. The van der Waals surface area contributed by atoms with Crippen LogP contribution in [0.15, 0.2) is 48.0 Å². The van der Waals surface area contributed by atoms with Gasteiger partial charge >= 0.3 is 0 Å². The van der Waals surface area contributed by atoms with Gasteiger partial charge in [-0.15, -0.1) is 11.3 Å². The van der Waals surface area contributed by atoms with E-state index in [2.05, 4.69) is 47.7 Å². The van der Waals surface area contributed by atoms with Crippen LogP contribution >= 0.6 is 11.3 Å². The summed E-state index contributed by atoms with van der Waals surface area (Å²) in [6.45, 7) is 5.37. The van der Waals surface area contributed by atoms with Crippen molar-refractivity contribution in [2.45, 2.75) is 19.3 Å². The molecule has 0 atom stereocenters. The lowest BCUT2D eigenvalue weighted by atomic mass is 9.91. The van der Waals surface area contributed by atoms with E-state index in [4.69, 9.17) is 5.73 Å². The van der Waals surface area contributed by atoms with Crippen LogP contribution in [-0.4, -0.2) is 11.5 Å². The minimum atomic E-state index is 0.0874. The number of anilines is 2. The van der Waals surface area contributed by atoms with Gasteiger partial charge in [-0.2, -0.15) is 0 Å². The van der Waals surface area contributed by atoms with Crippen LogP contribution in [0, 0.1) is 0 Å². The second kappa shape index (κ2) is 5.37. The molecule has 3 nitrogen and oxygen atoms in total. The zero-order chi connectivity index (χ0) is 14.9. The van der Waals surface area contributed by atoms with Crippen LogP contribution in [0.1, 0.15) is 18.7 Å². The molecule has 3 aromatic rings. The van der Waals surface area contributed by atoms with Crippen molar-refractivity contribution in [2.75, 3.05) is 17.6 Å². The fourth-order valence-electron chi connectivity index (χ4n) is 2.42. The summed E-state index contributed by atoms with van der Waals surface area (Å²) in [6, 6.07) is 12.2. The van der Waals surface area contributed by atoms with Crippen LogP contribution in [0.25, 0.3) is 10.9 Å². The second-order valence-electron chi connectivity index (χ2n) is 5.82. The van der Waals surface area contributed by atoms with Gasteiger partial charge in [0.05, 0.1) is 11.2 Å². The van der Waals surface area contributed by atoms with Crippen LogP contribution < -0.4 is 11.1 Å². The van der Waals surface area contributed by atoms with Gasteiger partial charge in [0.2, 0.25) is 0 Å². The fourth-order valence-corrected chi connectivity index (χ4v) is 3.27. The normalized spacial score (nSPS) is 11.7. The zero-order valence-corrected chi connectivity index (χ0v) is 13.1. The Hall–Kier alpha value is -2.07. The third kappa shape index (κ3) is 2.72. The third-order valence-corrected chi connectivity index (χ3v) is 4.95. The van der Waals surface area contributed by atoms with Crippen molar-refractivity contribution in [3.8, 4) is 0 Å². The molecule has 2 aromatic heterocycles. The highest BCUT2D eigenvalue weighted by Crippen LogP contribution is 2.30. The van der Waals surface area contributed by atoms with Gasteiger partial charge in [0.1, 0.15) is 0 Å². The van der Waals surface area contributed by atoms with Gasteiger partial charge in [0.15, 0.2) is 0 Å². The first-order valence-electron chi connectivity index (χ1n) is 6.99. The fraction of sp³-hybridized carbons (Fsp3) is 0.235. The first kappa shape index (κ1) is 13.9. The predicted octanol–water partition coefficient (Wildman–Crippen LogP) is 4.27. The van der Waals surface area contributed by atoms with Gasteiger partial charge < -0.3 is 11.1 Å². The molecule has 3 N–H and O–H groups in total. The van der Waals surface area contributed by atoms with E-state index in [1.807, 2.05) is 18.2 Å². The Labute approximate surface area is 128 Å². The maximum absolute atomic E-state index is 6.00. The molecule has 0 amide bonds. The Kier molecular flexibility index (Phi) is 3.55. The summed E-state index contributed by atoms with van der Waals surface area (Å²) in [4.78, 5) is 5.76. The van der Waals surface area contributed by atoms with Crippen LogP contribution in [0.5, 0.6) is 0 Å². The molecule has 21 heavy (non-hydrogen) atoms. The minimum absolute atomic E-state index is 0.0874. The lowest BCUT2D eigenvalue weighted by molar-refractivity contribution is 0.569. The Morgan fingerprint density at radius 1 is 1.19 bits per heavy atom. The van der Waals surface area contributed by atoms with E-state index in [0.29, 0.717) is 5.69 Å². The number of fused-ring (bicyclic) bond motifs is 1.